The molecule has 0 radical (unpaired) electrons. The minimum absolute atomic E-state index is 0.0816. The number of nitrogen functional groups attached to an aromatic ring is 1. The standard InChI is InChI=1S/C13H22N4O4/c1-7(2)4-17-11(14)10(12(20)15(3)13(17)21)16-5-8(18)9(19)6-16/h7-9,18-19H,4-6,14H2,1-3H3. The van der Waals surface area contributed by atoms with Crippen molar-refractivity contribution in [1.29, 1.82) is 0 Å². The number of hydrogen-bond acceptors (Lipinski definition) is 6. The largest absolute Gasteiger partial charge is 0.389 e. The van der Waals surface area contributed by atoms with E-state index in [-0.39, 0.29) is 30.5 Å². The summed E-state index contributed by atoms with van der Waals surface area (Å²) in [6.45, 7) is 4.51. The number of rotatable bonds is 3. The van der Waals surface area contributed by atoms with E-state index < -0.39 is 23.5 Å². The van der Waals surface area contributed by atoms with Gasteiger partial charge in [-0.25, -0.2) is 4.79 Å². The molecular formula is C13H22N4O4. The Bertz CT molecular complexity index is 639. The molecule has 1 aliphatic heterocycles. The molecule has 0 aromatic carbocycles. The molecule has 0 saturated carbocycles. The van der Waals surface area contributed by atoms with Gasteiger partial charge in [0, 0.05) is 26.7 Å². The van der Waals surface area contributed by atoms with E-state index in [1.54, 1.807) is 0 Å². The van der Waals surface area contributed by atoms with E-state index in [1.165, 1.54) is 16.5 Å². The number of anilines is 2. The third-order valence-electron chi connectivity index (χ3n) is 3.68. The molecule has 1 aliphatic rings. The van der Waals surface area contributed by atoms with Gasteiger partial charge in [-0.3, -0.25) is 13.9 Å². The van der Waals surface area contributed by atoms with Crippen LogP contribution >= 0.6 is 0 Å². The highest BCUT2D eigenvalue weighted by Crippen LogP contribution is 2.22. The first kappa shape index (κ1) is 15.6. The molecule has 21 heavy (non-hydrogen) atoms. The molecule has 0 amide bonds. The summed E-state index contributed by atoms with van der Waals surface area (Å²) in [4.78, 5) is 26.0. The Kier molecular flexibility index (Phi) is 4.11. The smallest absolute Gasteiger partial charge is 0.332 e. The molecule has 2 unspecified atom stereocenters. The van der Waals surface area contributed by atoms with Crippen molar-refractivity contribution in [3.8, 4) is 0 Å². The van der Waals surface area contributed by atoms with Crippen molar-refractivity contribution in [2.24, 2.45) is 13.0 Å². The van der Waals surface area contributed by atoms with E-state index in [2.05, 4.69) is 0 Å². The molecule has 2 rings (SSSR count). The van der Waals surface area contributed by atoms with Crippen LogP contribution in [-0.4, -0.2) is 44.6 Å². The predicted molar refractivity (Wildman–Crippen MR) is 79.4 cm³/mol. The minimum atomic E-state index is -0.931. The zero-order valence-corrected chi connectivity index (χ0v) is 12.5. The molecule has 1 fully saturated rings. The number of β-amino-alcohol motifs (C(OH)–C–C–N with tert-alkyl or cyclic N) is 2. The maximum atomic E-state index is 12.3. The van der Waals surface area contributed by atoms with Crippen LogP contribution in [0.3, 0.4) is 0 Å². The number of nitrogens with zero attached hydrogens (tertiary/aromatic N) is 3. The summed E-state index contributed by atoms with van der Waals surface area (Å²) in [7, 11) is 1.40. The molecule has 2 heterocycles. The second-order valence-corrected chi connectivity index (χ2v) is 5.92. The molecule has 2 atom stereocenters. The van der Waals surface area contributed by atoms with Gasteiger partial charge in [-0.15, -0.1) is 0 Å². The summed E-state index contributed by atoms with van der Waals surface area (Å²) in [6, 6.07) is 0. The van der Waals surface area contributed by atoms with Crippen molar-refractivity contribution in [2.75, 3.05) is 23.7 Å². The number of nitrogens with two attached hydrogens (primary N) is 1. The van der Waals surface area contributed by atoms with Crippen LogP contribution in [0.2, 0.25) is 0 Å². The molecule has 1 aromatic rings. The summed E-state index contributed by atoms with van der Waals surface area (Å²) >= 11 is 0. The third-order valence-corrected chi connectivity index (χ3v) is 3.68. The Hall–Kier alpha value is -1.80. The lowest BCUT2D eigenvalue weighted by atomic mass is 10.2. The summed E-state index contributed by atoms with van der Waals surface area (Å²) in [5, 5.41) is 19.3. The van der Waals surface area contributed by atoms with Crippen LogP contribution < -0.4 is 21.9 Å². The van der Waals surface area contributed by atoms with Gasteiger partial charge in [0.05, 0.1) is 12.2 Å². The van der Waals surface area contributed by atoms with Gasteiger partial charge in [-0.2, -0.15) is 0 Å². The summed E-state index contributed by atoms with van der Waals surface area (Å²) in [5.74, 6) is 0.267. The maximum Gasteiger partial charge on any atom is 0.332 e. The molecule has 0 bridgehead atoms. The van der Waals surface area contributed by atoms with E-state index in [0.29, 0.717) is 6.54 Å². The maximum absolute atomic E-state index is 12.3. The van der Waals surface area contributed by atoms with Crippen LogP contribution in [0.4, 0.5) is 11.5 Å². The average Bonchev–Trinajstić information content (AvgIpc) is 2.72. The van der Waals surface area contributed by atoms with E-state index in [9.17, 15) is 19.8 Å². The van der Waals surface area contributed by atoms with Gasteiger partial charge >= 0.3 is 5.69 Å². The van der Waals surface area contributed by atoms with Crippen LogP contribution in [0.15, 0.2) is 9.59 Å². The fourth-order valence-corrected chi connectivity index (χ4v) is 2.56. The SMILES string of the molecule is CC(C)Cn1c(N)c(N2CC(O)C(O)C2)c(=O)n(C)c1=O. The van der Waals surface area contributed by atoms with Crippen LogP contribution in [0, 0.1) is 5.92 Å². The zero-order valence-electron chi connectivity index (χ0n) is 12.5. The average molecular weight is 298 g/mol. The first-order valence-corrected chi connectivity index (χ1v) is 6.94. The van der Waals surface area contributed by atoms with Crippen LogP contribution in [0.5, 0.6) is 0 Å². The summed E-state index contributed by atoms with van der Waals surface area (Å²) in [5.41, 5.74) is 5.20. The first-order chi connectivity index (χ1) is 9.73. The Morgan fingerprint density at radius 2 is 1.76 bits per heavy atom. The fourth-order valence-electron chi connectivity index (χ4n) is 2.56. The fraction of sp³-hybridized carbons (Fsp3) is 0.692. The van der Waals surface area contributed by atoms with Crippen LogP contribution in [0.25, 0.3) is 0 Å². The number of aliphatic hydroxyl groups is 2. The Morgan fingerprint density at radius 3 is 2.24 bits per heavy atom. The van der Waals surface area contributed by atoms with Gasteiger partial charge in [-0.1, -0.05) is 13.8 Å². The molecule has 0 spiro atoms. The lowest BCUT2D eigenvalue weighted by molar-refractivity contribution is 0.0572. The second-order valence-electron chi connectivity index (χ2n) is 5.92. The lowest BCUT2D eigenvalue weighted by Gasteiger charge is -2.23. The Balaban J connectivity index is 2.59. The molecule has 0 aliphatic carbocycles. The van der Waals surface area contributed by atoms with Crippen molar-refractivity contribution in [1.82, 2.24) is 9.13 Å². The van der Waals surface area contributed by atoms with E-state index in [0.717, 1.165) is 4.57 Å². The zero-order chi connectivity index (χ0) is 15.9. The van der Waals surface area contributed by atoms with Gasteiger partial charge in [0.1, 0.15) is 11.5 Å². The number of aliphatic hydroxyl groups excluding tert-OH is 2. The quantitative estimate of drug-likeness (QED) is 0.615. The van der Waals surface area contributed by atoms with E-state index in [1.807, 2.05) is 13.8 Å². The third kappa shape index (κ3) is 2.68. The molecule has 118 valence electrons. The lowest BCUT2D eigenvalue weighted by Crippen LogP contribution is -2.43. The van der Waals surface area contributed by atoms with Crippen molar-refractivity contribution < 1.29 is 10.2 Å². The van der Waals surface area contributed by atoms with Crippen molar-refractivity contribution >= 4 is 11.5 Å². The monoisotopic (exact) mass is 298 g/mol. The van der Waals surface area contributed by atoms with E-state index in [4.69, 9.17) is 5.73 Å². The van der Waals surface area contributed by atoms with Crippen molar-refractivity contribution in [3.05, 3.63) is 20.8 Å². The van der Waals surface area contributed by atoms with Gasteiger partial charge < -0.3 is 20.8 Å². The van der Waals surface area contributed by atoms with Gasteiger partial charge in [0.25, 0.3) is 5.56 Å². The van der Waals surface area contributed by atoms with Gasteiger partial charge in [0.15, 0.2) is 0 Å². The molecule has 1 saturated heterocycles. The second kappa shape index (κ2) is 5.53. The highest BCUT2D eigenvalue weighted by molar-refractivity contribution is 5.63. The normalized spacial score (nSPS) is 22.3. The predicted octanol–water partition coefficient (Wildman–Crippen LogP) is -1.67. The van der Waals surface area contributed by atoms with Crippen molar-refractivity contribution in [2.45, 2.75) is 32.6 Å². The van der Waals surface area contributed by atoms with Crippen LogP contribution in [0.1, 0.15) is 13.8 Å². The first-order valence-electron chi connectivity index (χ1n) is 6.94. The number of aromatic nitrogens is 2. The highest BCUT2D eigenvalue weighted by atomic mass is 16.3. The highest BCUT2D eigenvalue weighted by Gasteiger charge is 2.33. The molecule has 8 nitrogen and oxygen atoms in total. The Labute approximate surface area is 122 Å². The molecule has 4 N–H and O–H groups in total. The summed E-state index contributed by atoms with van der Waals surface area (Å²) < 4.78 is 2.36. The molecule has 8 heteroatoms. The number of hydrogen-bond donors (Lipinski definition) is 3. The van der Waals surface area contributed by atoms with Gasteiger partial charge in [0.2, 0.25) is 0 Å². The molecular weight excluding hydrogens is 276 g/mol. The van der Waals surface area contributed by atoms with E-state index >= 15 is 0 Å². The molecule has 1 aromatic heterocycles. The van der Waals surface area contributed by atoms with Gasteiger partial charge in [-0.05, 0) is 5.92 Å². The summed E-state index contributed by atoms with van der Waals surface area (Å²) in [6.07, 6.45) is -1.86. The van der Waals surface area contributed by atoms with Crippen LogP contribution in [-0.2, 0) is 13.6 Å². The Morgan fingerprint density at radius 1 is 1.24 bits per heavy atom. The minimum Gasteiger partial charge on any atom is -0.389 e. The van der Waals surface area contributed by atoms with Crippen molar-refractivity contribution in [3.63, 3.8) is 0 Å². The topological polar surface area (TPSA) is 114 Å².